The number of ether oxygens (including phenoxy) is 1. The number of rotatable bonds is 9. The topological polar surface area (TPSA) is 103 Å². The number of methoxy groups -OCH3 is 1. The van der Waals surface area contributed by atoms with Gasteiger partial charge in [-0.2, -0.15) is 0 Å². The number of carbonyl (C=O) groups excluding carboxylic acids is 2. The van der Waals surface area contributed by atoms with Crippen molar-refractivity contribution in [2.24, 2.45) is 16.8 Å². The van der Waals surface area contributed by atoms with E-state index in [0.717, 1.165) is 37.7 Å². The van der Waals surface area contributed by atoms with E-state index in [9.17, 15) is 14.7 Å². The molecule has 8 nitrogen and oxygen atoms in total. The normalized spacial score (nSPS) is 28.0. The van der Waals surface area contributed by atoms with Crippen LogP contribution < -0.4 is 10.6 Å². The van der Waals surface area contributed by atoms with Crippen molar-refractivity contribution in [1.29, 1.82) is 0 Å². The second kappa shape index (κ2) is 13.1. The van der Waals surface area contributed by atoms with E-state index in [2.05, 4.69) is 23.6 Å². The highest BCUT2D eigenvalue weighted by atomic mass is 19.1. The van der Waals surface area contributed by atoms with E-state index in [1.165, 1.54) is 13.2 Å². The van der Waals surface area contributed by atoms with Crippen LogP contribution in [0.1, 0.15) is 69.4 Å². The zero-order chi connectivity index (χ0) is 30.6. The number of aliphatic imine (C=N–C) groups is 1. The second-order valence-corrected chi connectivity index (χ2v) is 12.6. The van der Waals surface area contributed by atoms with Gasteiger partial charge in [-0.3, -0.25) is 9.79 Å². The van der Waals surface area contributed by atoms with Gasteiger partial charge in [0.1, 0.15) is 5.82 Å². The molecule has 43 heavy (non-hydrogen) atoms. The summed E-state index contributed by atoms with van der Waals surface area (Å²) in [4.78, 5) is 32.1. The summed E-state index contributed by atoms with van der Waals surface area (Å²) in [7, 11) is 3.25. The number of amides is 2. The Morgan fingerprint density at radius 3 is 2.88 bits per heavy atom. The SMILES string of the molecule is CN[C@H]1CC[C@@H](C(=O)N2CCC[C@@H]([C@@](O)(CCCNC(=O)OC)c3cccc(F)c3C3=CC4=CC=CCC4(C)N=C3)C2)C1. The third kappa shape index (κ3) is 6.48. The summed E-state index contributed by atoms with van der Waals surface area (Å²) in [5, 5.41) is 18.7. The van der Waals surface area contributed by atoms with Crippen LogP contribution in [0.4, 0.5) is 9.18 Å². The van der Waals surface area contributed by atoms with Gasteiger partial charge in [0, 0.05) is 54.9 Å². The number of alkyl carbamates (subject to hydrolysis) is 1. The third-order valence-corrected chi connectivity index (χ3v) is 9.91. The summed E-state index contributed by atoms with van der Waals surface area (Å²) in [6.45, 7) is 3.42. The number of hydrogen-bond donors (Lipinski definition) is 3. The molecule has 3 N–H and O–H groups in total. The fourth-order valence-electron chi connectivity index (χ4n) is 7.30. The maximum Gasteiger partial charge on any atom is 0.406 e. The third-order valence-electron chi connectivity index (χ3n) is 9.91. The summed E-state index contributed by atoms with van der Waals surface area (Å²) in [5.41, 5.74) is 0.603. The highest BCUT2D eigenvalue weighted by Gasteiger charge is 2.44. The predicted octanol–water partition coefficient (Wildman–Crippen LogP) is 4.89. The largest absolute Gasteiger partial charge is 0.453 e. The molecule has 2 fully saturated rings. The molecule has 232 valence electrons. The second-order valence-electron chi connectivity index (χ2n) is 12.6. The first-order chi connectivity index (χ1) is 20.7. The average molecular weight is 593 g/mol. The number of carbonyl (C=O) groups is 2. The van der Waals surface area contributed by atoms with Crippen molar-refractivity contribution in [2.45, 2.75) is 75.5 Å². The number of dihydropyridines is 1. The summed E-state index contributed by atoms with van der Waals surface area (Å²) >= 11 is 0. The Hall–Kier alpha value is -3.30. The molecule has 1 aromatic rings. The van der Waals surface area contributed by atoms with Crippen molar-refractivity contribution in [3.8, 4) is 0 Å². The molecule has 2 aliphatic carbocycles. The van der Waals surface area contributed by atoms with Crippen molar-refractivity contribution in [3.05, 3.63) is 65.0 Å². The zero-order valence-corrected chi connectivity index (χ0v) is 25.6. The Bertz CT molecular complexity index is 1340. The molecule has 4 aliphatic rings. The summed E-state index contributed by atoms with van der Waals surface area (Å²) in [6, 6.07) is 5.22. The number of benzene rings is 1. The quantitative estimate of drug-likeness (QED) is 0.355. The lowest BCUT2D eigenvalue weighted by Gasteiger charge is -2.44. The van der Waals surface area contributed by atoms with Crippen LogP contribution in [0, 0.1) is 17.7 Å². The molecule has 5 rings (SSSR count). The zero-order valence-electron chi connectivity index (χ0n) is 25.6. The van der Waals surface area contributed by atoms with Gasteiger partial charge in [-0.1, -0.05) is 30.4 Å². The molecule has 2 amide bonds. The van der Waals surface area contributed by atoms with E-state index < -0.39 is 23.1 Å². The van der Waals surface area contributed by atoms with Gasteiger partial charge in [-0.25, -0.2) is 9.18 Å². The number of halogens is 1. The number of fused-ring (bicyclic) bond motifs is 1. The standard InChI is InChI=1S/C34H45FN4O4/c1-33-15-5-4-9-25(33)19-24(21-38-33)30-28(11-6-12-29(30)35)34(42,16-8-17-37-32(41)43-3)26-10-7-18-39(22-26)31(40)23-13-14-27(20-23)36-2/h4-6,9,11-12,19,21,23,26-27,36,42H,7-8,10,13-18,20,22H2,1-3H3,(H,37,41)/t23-,26-,27+,33?,34+/m1/s1. The molecule has 0 bridgehead atoms. The number of aliphatic hydroxyl groups is 1. The number of nitrogens with zero attached hydrogens (tertiary/aromatic N) is 2. The molecule has 0 spiro atoms. The van der Waals surface area contributed by atoms with Gasteiger partial charge < -0.3 is 25.4 Å². The van der Waals surface area contributed by atoms with E-state index in [0.29, 0.717) is 55.2 Å². The van der Waals surface area contributed by atoms with E-state index in [4.69, 9.17) is 9.73 Å². The monoisotopic (exact) mass is 592 g/mol. The van der Waals surface area contributed by atoms with Crippen molar-refractivity contribution in [1.82, 2.24) is 15.5 Å². The maximum atomic E-state index is 15.9. The number of likely N-dealkylation sites (tertiary alicyclic amines) is 1. The Kier molecular flexibility index (Phi) is 9.51. The molecular formula is C34H45FN4O4. The molecule has 1 unspecified atom stereocenters. The average Bonchev–Trinajstić information content (AvgIpc) is 3.51. The molecule has 1 saturated carbocycles. The van der Waals surface area contributed by atoms with Crippen LogP contribution >= 0.6 is 0 Å². The highest BCUT2D eigenvalue weighted by Crippen LogP contribution is 2.45. The molecule has 1 aromatic carbocycles. The van der Waals surface area contributed by atoms with Crippen LogP contribution in [0.3, 0.4) is 0 Å². The maximum absolute atomic E-state index is 15.9. The number of piperidine rings is 1. The van der Waals surface area contributed by atoms with Crippen LogP contribution in [-0.4, -0.2) is 73.6 Å². The Labute approximate surface area is 254 Å². The van der Waals surface area contributed by atoms with Crippen LogP contribution in [-0.2, 0) is 15.1 Å². The molecule has 1 saturated heterocycles. The van der Waals surface area contributed by atoms with Gasteiger partial charge in [-0.05, 0) is 88.6 Å². The first kappa shape index (κ1) is 31.1. The highest BCUT2D eigenvalue weighted by molar-refractivity contribution is 6.12. The van der Waals surface area contributed by atoms with Gasteiger partial charge in [0.05, 0.1) is 18.2 Å². The van der Waals surface area contributed by atoms with Gasteiger partial charge in [0.15, 0.2) is 0 Å². The van der Waals surface area contributed by atoms with Crippen molar-refractivity contribution < 1.29 is 23.8 Å². The molecule has 5 atom stereocenters. The Morgan fingerprint density at radius 2 is 2.12 bits per heavy atom. The Balaban J connectivity index is 1.48. The van der Waals surface area contributed by atoms with Crippen LogP contribution in [0.5, 0.6) is 0 Å². The lowest BCUT2D eigenvalue weighted by atomic mass is 9.71. The number of hydrogen-bond acceptors (Lipinski definition) is 6. The fraction of sp³-hybridized carbons (Fsp3) is 0.559. The van der Waals surface area contributed by atoms with Crippen LogP contribution in [0.2, 0.25) is 0 Å². The Morgan fingerprint density at radius 1 is 1.28 bits per heavy atom. The fourth-order valence-corrected chi connectivity index (χ4v) is 7.30. The van der Waals surface area contributed by atoms with Gasteiger partial charge in [0.2, 0.25) is 5.91 Å². The van der Waals surface area contributed by atoms with Crippen LogP contribution in [0.15, 0.2) is 53.1 Å². The molecule has 2 heterocycles. The summed E-state index contributed by atoms with van der Waals surface area (Å²) in [5.74, 6) is -0.609. The van der Waals surface area contributed by atoms with Gasteiger partial charge in [-0.15, -0.1) is 0 Å². The van der Waals surface area contributed by atoms with Crippen molar-refractivity contribution in [2.75, 3.05) is 33.8 Å². The lowest BCUT2D eigenvalue weighted by Crippen LogP contribution is -2.50. The molecule has 9 heteroatoms. The van der Waals surface area contributed by atoms with Crippen molar-refractivity contribution in [3.63, 3.8) is 0 Å². The first-order valence-corrected chi connectivity index (χ1v) is 15.6. The number of allylic oxidation sites excluding steroid dienone is 3. The minimum Gasteiger partial charge on any atom is -0.453 e. The molecule has 2 aliphatic heterocycles. The van der Waals surface area contributed by atoms with Crippen LogP contribution in [0.25, 0.3) is 5.57 Å². The minimum absolute atomic E-state index is 0.0194. The van der Waals surface area contributed by atoms with E-state index in [1.807, 2.05) is 30.2 Å². The smallest absolute Gasteiger partial charge is 0.406 e. The summed E-state index contributed by atoms with van der Waals surface area (Å²) < 4.78 is 20.6. The van der Waals surface area contributed by atoms with Crippen molar-refractivity contribution >= 4 is 23.8 Å². The van der Waals surface area contributed by atoms with Gasteiger partial charge >= 0.3 is 6.09 Å². The molecule has 0 aromatic heterocycles. The van der Waals surface area contributed by atoms with E-state index in [-0.39, 0.29) is 24.2 Å². The predicted molar refractivity (Wildman–Crippen MR) is 166 cm³/mol. The number of nitrogens with one attached hydrogen (secondary N) is 2. The lowest BCUT2D eigenvalue weighted by molar-refractivity contribution is -0.141. The first-order valence-electron chi connectivity index (χ1n) is 15.6. The van der Waals surface area contributed by atoms with E-state index in [1.54, 1.807) is 18.3 Å². The van der Waals surface area contributed by atoms with E-state index >= 15 is 4.39 Å². The van der Waals surface area contributed by atoms with Gasteiger partial charge in [0.25, 0.3) is 0 Å². The molecular weight excluding hydrogens is 547 g/mol. The molecule has 0 radical (unpaired) electrons. The summed E-state index contributed by atoms with van der Waals surface area (Å²) in [6.07, 6.45) is 14.9. The minimum atomic E-state index is -1.45.